The maximum absolute atomic E-state index is 12.8. The van der Waals surface area contributed by atoms with Crippen molar-refractivity contribution in [1.29, 1.82) is 0 Å². The molecule has 0 atom stereocenters. The number of quaternary nitrogens is 1. The molecule has 4 rings (SSSR count). The Morgan fingerprint density at radius 3 is 1.08 bits per heavy atom. The second-order valence-electron chi connectivity index (χ2n) is 30.7. The van der Waals surface area contributed by atoms with Gasteiger partial charge in [-0.15, -0.1) is 0 Å². The normalized spacial score (nSPS) is 14.0. The van der Waals surface area contributed by atoms with Gasteiger partial charge in [0, 0.05) is 80.5 Å². The predicted octanol–water partition coefficient (Wildman–Crippen LogP) is 6.86. The van der Waals surface area contributed by atoms with Crippen LogP contribution in [0.15, 0.2) is 77.4 Å². The van der Waals surface area contributed by atoms with E-state index in [0.717, 1.165) is 88.0 Å². The molecule has 0 aromatic heterocycles. The molecule has 0 aliphatic carbocycles. The maximum atomic E-state index is 12.8. The van der Waals surface area contributed by atoms with Gasteiger partial charge in [-0.1, -0.05) is 56.2 Å². The molecule has 0 radical (unpaired) electrons. The molecule has 2 aromatic rings. The van der Waals surface area contributed by atoms with Crippen molar-refractivity contribution < 1.29 is 147 Å². The SMILES string of the molecule is COCCOCCOCCOCCOCCOCCOCCOCCOCCOCCOCCOCCOCCOCCOCCOCCOCCOCCOCCOCCOCCOCCOCCOCCNC(=O)CCCCC[N+]1=C(C=CC=CC=C2N(CCCCCC(=O)NCCCCC[NH3+])c3ccc(C)cc3C2(C)C)C(C)(C)c2cc(S(=O)(=O)[O-])ccc21. The summed E-state index contributed by atoms with van der Waals surface area (Å²) in [6.45, 7) is 36.6. The van der Waals surface area contributed by atoms with E-state index in [9.17, 15) is 22.6 Å². The topological polar surface area (TPSA) is 371 Å². The van der Waals surface area contributed by atoms with Gasteiger partial charge in [-0.05, 0) is 95.6 Å². The van der Waals surface area contributed by atoms with Gasteiger partial charge >= 0.3 is 0 Å². The number of ether oxygens (including phenoxy) is 24. The monoisotopic (exact) mass is 1830 g/mol. The number of carbonyl (C=O) groups excluding carboxylic acids is 2. The summed E-state index contributed by atoms with van der Waals surface area (Å²) >= 11 is 0. The van der Waals surface area contributed by atoms with Gasteiger partial charge in [0.05, 0.1) is 327 Å². The second kappa shape index (κ2) is 78.5. The zero-order valence-electron chi connectivity index (χ0n) is 77.7. The molecule has 34 nitrogen and oxygen atoms in total. The molecule has 0 fully saturated rings. The first kappa shape index (κ1) is 114. The summed E-state index contributed by atoms with van der Waals surface area (Å²) in [5.74, 6) is 0.0828. The highest BCUT2D eigenvalue weighted by Gasteiger charge is 2.45. The molecule has 0 bridgehead atoms. The minimum absolute atomic E-state index is 0.0416. The Labute approximate surface area is 758 Å². The Balaban J connectivity index is 0.830. The van der Waals surface area contributed by atoms with Crippen molar-refractivity contribution in [3.05, 3.63) is 89.2 Å². The molecule has 0 saturated heterocycles. The number of allylic oxidation sites excluding steroid dienone is 6. The van der Waals surface area contributed by atoms with Crippen LogP contribution >= 0.6 is 0 Å². The van der Waals surface area contributed by atoms with Gasteiger partial charge in [0.2, 0.25) is 17.5 Å². The van der Waals surface area contributed by atoms with Gasteiger partial charge in [0.1, 0.15) is 16.7 Å². The third-order valence-electron chi connectivity index (χ3n) is 19.9. The number of amides is 2. The third kappa shape index (κ3) is 57.9. The van der Waals surface area contributed by atoms with E-state index in [1.54, 1.807) is 13.2 Å². The molecule has 2 amide bonds. The minimum Gasteiger partial charge on any atom is -0.744 e. The first-order chi connectivity index (χ1) is 62.1. The van der Waals surface area contributed by atoms with Crippen molar-refractivity contribution in [2.24, 2.45) is 0 Å². The van der Waals surface area contributed by atoms with Crippen LogP contribution in [0.1, 0.15) is 115 Å². The summed E-state index contributed by atoms with van der Waals surface area (Å²) < 4.78 is 171. The van der Waals surface area contributed by atoms with Crippen LogP contribution in [0.4, 0.5) is 11.4 Å². The molecular weight excluding hydrogens is 1670 g/mol. The minimum atomic E-state index is -4.67. The number of nitrogens with one attached hydrogen (secondary N) is 2. The van der Waals surface area contributed by atoms with Crippen molar-refractivity contribution in [3.63, 3.8) is 0 Å². The fourth-order valence-electron chi connectivity index (χ4n) is 13.1. The lowest BCUT2D eigenvalue weighted by molar-refractivity contribution is -0.438. The predicted molar refractivity (Wildman–Crippen MR) is 480 cm³/mol. The number of hydrogen-bond donors (Lipinski definition) is 3. The standard InChI is InChI=1S/C92H159N5O29S/c1-81-23-25-85-83(79-81)91(2,3)87(96(85)30-17-8-13-21-89(98)94-28-16-10-15-27-93)19-11-7-12-20-88-92(4,5)84-80-82(127(100,101)102)24-26-86(84)97(88)31-18-9-14-22-90(99)95-29-32-104-35-36-106-39-40-108-43-44-110-47-48-112-51-52-114-55-56-116-59-60-118-63-64-120-67-68-122-71-72-124-75-76-126-78-77-125-74-73-123-70-69-121-66-65-119-62-61-117-58-57-115-54-53-113-50-49-111-46-45-109-42-41-107-38-37-105-34-33-103-6/h7,11-12,19-20,23-26,79-80H,8-10,13-18,21-22,27-78,93H2,1-6H3,(H2-,94,95,98,99,100,101,102)/p+1. The van der Waals surface area contributed by atoms with Crippen molar-refractivity contribution in [3.8, 4) is 0 Å². The van der Waals surface area contributed by atoms with E-state index in [-0.39, 0.29) is 22.1 Å². The van der Waals surface area contributed by atoms with Gasteiger partial charge in [-0.3, -0.25) is 9.59 Å². The zero-order chi connectivity index (χ0) is 91.1. The second-order valence-corrected chi connectivity index (χ2v) is 32.1. The van der Waals surface area contributed by atoms with E-state index < -0.39 is 15.5 Å². The zero-order valence-corrected chi connectivity index (χ0v) is 78.6. The van der Waals surface area contributed by atoms with Gasteiger partial charge < -0.3 is 140 Å². The number of anilines is 1. The molecule has 127 heavy (non-hydrogen) atoms. The molecule has 0 spiro atoms. The lowest BCUT2D eigenvalue weighted by Gasteiger charge is -2.27. The van der Waals surface area contributed by atoms with Crippen LogP contribution in [0.3, 0.4) is 0 Å². The van der Waals surface area contributed by atoms with Crippen LogP contribution in [0.25, 0.3) is 0 Å². The van der Waals surface area contributed by atoms with Crippen molar-refractivity contribution in [2.45, 2.75) is 121 Å². The fourth-order valence-corrected chi connectivity index (χ4v) is 13.6. The molecule has 0 unspecified atom stereocenters. The largest absolute Gasteiger partial charge is 0.744 e. The Hall–Kier alpha value is -5.02. The Morgan fingerprint density at radius 2 is 0.724 bits per heavy atom. The van der Waals surface area contributed by atoms with E-state index in [1.165, 1.54) is 34.6 Å². The van der Waals surface area contributed by atoms with Crippen molar-refractivity contribution in [2.75, 3.05) is 355 Å². The van der Waals surface area contributed by atoms with E-state index in [0.29, 0.717) is 343 Å². The van der Waals surface area contributed by atoms with Crippen molar-refractivity contribution in [1.82, 2.24) is 10.6 Å². The maximum Gasteiger partial charge on any atom is 0.220 e. The molecular formula is C92H160N5O29S+. The number of hydrogen-bond acceptors (Lipinski definition) is 30. The molecule has 0 saturated carbocycles. The number of carbonyl (C=O) groups is 2. The summed E-state index contributed by atoms with van der Waals surface area (Å²) in [5, 5.41) is 6.01. The van der Waals surface area contributed by atoms with Gasteiger partial charge in [-0.2, -0.15) is 4.58 Å². The molecule has 2 heterocycles. The highest BCUT2D eigenvalue weighted by atomic mass is 32.2. The average Bonchev–Trinajstić information content (AvgIpc) is 1.59. The van der Waals surface area contributed by atoms with E-state index in [4.69, 9.17) is 114 Å². The molecule has 2 aromatic carbocycles. The highest BCUT2D eigenvalue weighted by molar-refractivity contribution is 7.85. The number of aryl methyl sites for hydroxylation is 1. The van der Waals surface area contributed by atoms with Crippen LogP contribution in [0.5, 0.6) is 0 Å². The Morgan fingerprint density at radius 1 is 0.386 bits per heavy atom. The summed E-state index contributed by atoms with van der Waals surface area (Å²) in [6.07, 6.45) is 19.5. The first-order valence-electron chi connectivity index (χ1n) is 45.9. The van der Waals surface area contributed by atoms with Crippen LogP contribution in [-0.4, -0.2) is 385 Å². The van der Waals surface area contributed by atoms with Gasteiger partial charge in [-0.25, -0.2) is 8.42 Å². The lowest BCUT2D eigenvalue weighted by atomic mass is 9.81. The highest BCUT2D eigenvalue weighted by Crippen LogP contribution is 2.48. The first-order valence-corrected chi connectivity index (χ1v) is 47.3. The summed E-state index contributed by atoms with van der Waals surface area (Å²) in [4.78, 5) is 27.4. The van der Waals surface area contributed by atoms with Crippen molar-refractivity contribution >= 4 is 39.0 Å². The molecule has 35 heteroatoms. The summed E-state index contributed by atoms with van der Waals surface area (Å²) in [7, 11) is -3.03. The lowest BCUT2D eigenvalue weighted by Crippen LogP contribution is -2.50. The Kier molecular flexibility index (Phi) is 70.6. The van der Waals surface area contributed by atoms with E-state index in [1.807, 2.05) is 26.0 Å². The number of unbranched alkanes of at least 4 members (excludes halogenated alkanes) is 6. The van der Waals surface area contributed by atoms with E-state index in [2.05, 4.69) is 83.0 Å². The number of rotatable bonds is 93. The van der Waals surface area contributed by atoms with Crippen LogP contribution < -0.4 is 21.3 Å². The summed E-state index contributed by atoms with van der Waals surface area (Å²) in [6, 6.07) is 11.3. The number of methoxy groups -OCH3 is 1. The molecule has 5 N–H and O–H groups in total. The van der Waals surface area contributed by atoms with Crippen LogP contribution in [0, 0.1) is 6.92 Å². The summed E-state index contributed by atoms with van der Waals surface area (Å²) in [5.41, 5.74) is 10.6. The number of nitrogens with zero attached hydrogens (tertiary/aromatic N) is 2. The van der Waals surface area contributed by atoms with Crippen LogP contribution in [0.2, 0.25) is 0 Å². The van der Waals surface area contributed by atoms with Crippen LogP contribution in [-0.2, 0) is 144 Å². The molecule has 2 aliphatic rings. The Bertz CT molecular complexity index is 3270. The van der Waals surface area contributed by atoms with E-state index >= 15 is 0 Å². The van der Waals surface area contributed by atoms with Gasteiger partial charge in [0.25, 0.3) is 0 Å². The molecule has 732 valence electrons. The third-order valence-corrected chi connectivity index (χ3v) is 20.8. The number of fused-ring (bicyclic) bond motifs is 2. The van der Waals surface area contributed by atoms with Gasteiger partial charge in [0.15, 0.2) is 5.71 Å². The number of benzene rings is 2. The smallest absolute Gasteiger partial charge is 0.220 e. The quantitative estimate of drug-likeness (QED) is 0.0263. The fraction of sp³-hybridized carbons (Fsp3) is 0.772. The average molecular weight is 1830 g/mol. The molecule has 2 aliphatic heterocycles.